The molecule has 1 aliphatic rings. The molecule has 7 heteroatoms. The van der Waals surface area contributed by atoms with Crippen LogP contribution in [0, 0.1) is 0 Å². The first-order valence-corrected chi connectivity index (χ1v) is 8.45. The second-order valence-electron chi connectivity index (χ2n) is 5.30. The van der Waals surface area contributed by atoms with Gasteiger partial charge >= 0.3 is 6.09 Å². The Morgan fingerprint density at radius 3 is 2.58 bits per heavy atom. The van der Waals surface area contributed by atoms with Gasteiger partial charge in [-0.1, -0.05) is 6.42 Å². The molecule has 19 heavy (non-hydrogen) atoms. The molecule has 0 unspecified atom stereocenters. The molecule has 0 saturated carbocycles. The van der Waals surface area contributed by atoms with E-state index in [1.54, 1.807) is 6.92 Å². The van der Waals surface area contributed by atoms with Crippen molar-refractivity contribution in [2.24, 2.45) is 0 Å². The third-order valence-corrected chi connectivity index (χ3v) is 5.10. The molecule has 0 spiro atoms. The Morgan fingerprint density at radius 1 is 1.32 bits per heavy atom. The summed E-state index contributed by atoms with van der Waals surface area (Å²) in [6.07, 6.45) is 3.21. The van der Waals surface area contributed by atoms with Crippen LogP contribution in [0.2, 0.25) is 0 Å². The number of aliphatic hydroxyl groups is 1. The van der Waals surface area contributed by atoms with E-state index in [9.17, 15) is 13.2 Å². The van der Waals surface area contributed by atoms with Crippen molar-refractivity contribution < 1.29 is 23.1 Å². The minimum atomic E-state index is -3.03. The number of hydrogen-bond acceptors (Lipinski definition) is 5. The van der Waals surface area contributed by atoms with Crippen molar-refractivity contribution in [1.29, 1.82) is 0 Å². The monoisotopic (exact) mass is 293 g/mol. The predicted molar refractivity (Wildman–Crippen MR) is 71.7 cm³/mol. The Labute approximate surface area is 114 Å². The number of unbranched alkanes of at least 4 members (excludes halogenated alkanes) is 3. The average Bonchev–Trinajstić information content (AvgIpc) is 2.57. The Bertz CT molecular complexity index is 395. The highest BCUT2D eigenvalue weighted by Gasteiger charge is 2.39. The van der Waals surface area contributed by atoms with Gasteiger partial charge in [-0.2, -0.15) is 0 Å². The number of rotatable bonds is 7. The fourth-order valence-corrected chi connectivity index (χ4v) is 4.22. The van der Waals surface area contributed by atoms with Crippen LogP contribution in [0.5, 0.6) is 0 Å². The third-order valence-electron chi connectivity index (χ3n) is 3.19. The van der Waals surface area contributed by atoms with Gasteiger partial charge in [-0.05, 0) is 32.6 Å². The van der Waals surface area contributed by atoms with Gasteiger partial charge in [-0.3, -0.25) is 0 Å². The highest BCUT2D eigenvalue weighted by molar-refractivity contribution is 7.91. The maximum Gasteiger partial charge on any atom is 0.407 e. The molecule has 0 radical (unpaired) electrons. The van der Waals surface area contributed by atoms with Crippen LogP contribution in [0.1, 0.15) is 39.0 Å². The molecule has 6 nitrogen and oxygen atoms in total. The Hall–Kier alpha value is -0.820. The van der Waals surface area contributed by atoms with Crippen molar-refractivity contribution >= 4 is 15.9 Å². The van der Waals surface area contributed by atoms with Crippen molar-refractivity contribution in [3.63, 3.8) is 0 Å². The number of hydrogen-bond donors (Lipinski definition) is 2. The molecule has 1 amide bonds. The van der Waals surface area contributed by atoms with Crippen molar-refractivity contribution in [3.05, 3.63) is 0 Å². The SMILES string of the molecule is C[C@]1(NC(=O)OCCCCCCO)CCS(=O)(=O)C1. The van der Waals surface area contributed by atoms with E-state index < -0.39 is 21.5 Å². The second kappa shape index (κ2) is 7.09. The van der Waals surface area contributed by atoms with Crippen LogP contribution in [0.4, 0.5) is 4.79 Å². The van der Waals surface area contributed by atoms with Crippen molar-refractivity contribution in [1.82, 2.24) is 5.32 Å². The highest BCUT2D eigenvalue weighted by atomic mass is 32.2. The van der Waals surface area contributed by atoms with Crippen molar-refractivity contribution in [2.75, 3.05) is 24.7 Å². The molecule has 1 fully saturated rings. The van der Waals surface area contributed by atoms with E-state index in [0.717, 1.165) is 25.7 Å². The van der Waals surface area contributed by atoms with Gasteiger partial charge in [0, 0.05) is 6.61 Å². The van der Waals surface area contributed by atoms with Gasteiger partial charge in [0.15, 0.2) is 9.84 Å². The summed E-state index contributed by atoms with van der Waals surface area (Å²) in [5.74, 6) is 0.0938. The topological polar surface area (TPSA) is 92.7 Å². The van der Waals surface area contributed by atoms with E-state index in [1.807, 2.05) is 0 Å². The summed E-state index contributed by atoms with van der Waals surface area (Å²) in [6.45, 7) is 2.23. The zero-order chi connectivity index (χ0) is 14.4. The number of ether oxygens (including phenoxy) is 1. The molecular weight excluding hydrogens is 270 g/mol. The summed E-state index contributed by atoms with van der Waals surface area (Å²) < 4.78 is 27.8. The molecule has 1 saturated heterocycles. The van der Waals surface area contributed by atoms with E-state index in [4.69, 9.17) is 9.84 Å². The molecule has 0 aliphatic carbocycles. The lowest BCUT2D eigenvalue weighted by atomic mass is 10.0. The Morgan fingerprint density at radius 2 is 2.00 bits per heavy atom. The van der Waals surface area contributed by atoms with Crippen LogP contribution < -0.4 is 5.32 Å². The van der Waals surface area contributed by atoms with E-state index in [-0.39, 0.29) is 18.1 Å². The normalized spacial score (nSPS) is 25.2. The molecule has 1 aliphatic heterocycles. The lowest BCUT2D eigenvalue weighted by Crippen LogP contribution is -2.47. The lowest BCUT2D eigenvalue weighted by molar-refractivity contribution is 0.134. The average molecular weight is 293 g/mol. The Balaban J connectivity index is 2.18. The van der Waals surface area contributed by atoms with Crippen LogP contribution in [0.3, 0.4) is 0 Å². The zero-order valence-electron chi connectivity index (χ0n) is 11.4. The largest absolute Gasteiger partial charge is 0.450 e. The molecule has 0 aromatic carbocycles. The summed E-state index contributed by atoms with van der Waals surface area (Å²) in [5, 5.41) is 11.2. The summed E-state index contributed by atoms with van der Waals surface area (Å²) in [7, 11) is -3.03. The minimum absolute atomic E-state index is 0.0222. The number of amides is 1. The zero-order valence-corrected chi connectivity index (χ0v) is 12.2. The number of carbonyl (C=O) groups excluding carboxylic acids is 1. The first-order chi connectivity index (χ1) is 8.87. The van der Waals surface area contributed by atoms with Gasteiger partial charge < -0.3 is 15.2 Å². The fourth-order valence-electron chi connectivity index (χ4n) is 2.12. The summed E-state index contributed by atoms with van der Waals surface area (Å²) >= 11 is 0. The minimum Gasteiger partial charge on any atom is -0.450 e. The maximum absolute atomic E-state index is 11.5. The second-order valence-corrected chi connectivity index (χ2v) is 7.49. The van der Waals surface area contributed by atoms with Gasteiger partial charge in [-0.15, -0.1) is 0 Å². The number of carbonyl (C=O) groups is 1. The molecule has 0 aromatic heterocycles. The quantitative estimate of drug-likeness (QED) is 0.679. The molecular formula is C12H23NO5S. The molecule has 1 rings (SSSR count). The van der Waals surface area contributed by atoms with Crippen molar-refractivity contribution in [2.45, 2.75) is 44.6 Å². The number of aliphatic hydroxyl groups excluding tert-OH is 1. The van der Waals surface area contributed by atoms with Crippen LogP contribution in [0.15, 0.2) is 0 Å². The van der Waals surface area contributed by atoms with Crippen molar-refractivity contribution in [3.8, 4) is 0 Å². The van der Waals surface area contributed by atoms with Gasteiger partial charge in [0.05, 0.1) is 23.7 Å². The van der Waals surface area contributed by atoms with Crippen LogP contribution >= 0.6 is 0 Å². The lowest BCUT2D eigenvalue weighted by Gasteiger charge is -2.23. The molecule has 112 valence electrons. The molecule has 2 N–H and O–H groups in total. The fraction of sp³-hybridized carbons (Fsp3) is 0.917. The standard InChI is InChI=1S/C12H23NO5S/c1-12(6-9-19(16,17)10-12)13-11(15)18-8-5-3-2-4-7-14/h14H,2-10H2,1H3,(H,13,15)/t12-/m0/s1. The van der Waals surface area contributed by atoms with Crippen LogP contribution in [-0.4, -0.2) is 49.9 Å². The molecule has 1 atom stereocenters. The van der Waals surface area contributed by atoms with Gasteiger partial charge in [0.2, 0.25) is 0 Å². The number of nitrogens with one attached hydrogen (secondary N) is 1. The maximum atomic E-state index is 11.5. The van der Waals surface area contributed by atoms with Gasteiger partial charge in [0.1, 0.15) is 0 Å². The first kappa shape index (κ1) is 16.2. The van der Waals surface area contributed by atoms with Crippen LogP contribution in [-0.2, 0) is 14.6 Å². The molecule has 1 heterocycles. The highest BCUT2D eigenvalue weighted by Crippen LogP contribution is 2.22. The van der Waals surface area contributed by atoms with E-state index in [1.165, 1.54) is 0 Å². The smallest absolute Gasteiger partial charge is 0.407 e. The van der Waals surface area contributed by atoms with Crippen LogP contribution in [0.25, 0.3) is 0 Å². The summed E-state index contributed by atoms with van der Waals surface area (Å²) in [5.41, 5.74) is -0.702. The summed E-state index contributed by atoms with van der Waals surface area (Å²) in [6, 6.07) is 0. The van der Waals surface area contributed by atoms with E-state index in [2.05, 4.69) is 5.32 Å². The number of sulfone groups is 1. The first-order valence-electron chi connectivity index (χ1n) is 6.63. The van der Waals surface area contributed by atoms with E-state index in [0.29, 0.717) is 13.0 Å². The third kappa shape index (κ3) is 6.24. The Kier molecular flexibility index (Phi) is 6.06. The van der Waals surface area contributed by atoms with Gasteiger partial charge in [-0.25, -0.2) is 13.2 Å². The predicted octanol–water partition coefficient (Wildman–Crippen LogP) is 0.843. The van der Waals surface area contributed by atoms with E-state index >= 15 is 0 Å². The molecule has 0 aromatic rings. The van der Waals surface area contributed by atoms with Gasteiger partial charge in [0.25, 0.3) is 0 Å². The molecule has 0 bridgehead atoms. The summed E-state index contributed by atoms with van der Waals surface area (Å²) in [4.78, 5) is 11.5. The number of alkyl carbamates (subject to hydrolysis) is 1.